The van der Waals surface area contributed by atoms with E-state index in [4.69, 9.17) is 19.4 Å². The van der Waals surface area contributed by atoms with Gasteiger partial charge in [0.15, 0.2) is 69.8 Å². The van der Waals surface area contributed by atoms with Gasteiger partial charge in [0.1, 0.15) is 23.7 Å². The third-order valence-corrected chi connectivity index (χ3v) is 14.2. The molecule has 86 heavy (non-hydrogen) atoms. The average Bonchev–Trinajstić information content (AvgIpc) is 1.99. The molecular weight excluding hydrogens is 1200 g/mol. The van der Waals surface area contributed by atoms with Crippen LogP contribution >= 0.6 is 0 Å². The number of benzene rings is 6. The van der Waals surface area contributed by atoms with Gasteiger partial charge in [0.05, 0.1) is 45.0 Å². The molecule has 0 saturated heterocycles. The number of halogens is 15. The van der Waals surface area contributed by atoms with Crippen LogP contribution < -0.4 is 19.4 Å². The zero-order chi connectivity index (χ0) is 60.3. The van der Waals surface area contributed by atoms with Crippen LogP contribution in [0.5, 0.6) is 11.5 Å². The van der Waals surface area contributed by atoms with Crippen molar-refractivity contribution in [3.8, 4) is 56.0 Å². The van der Waals surface area contributed by atoms with Crippen molar-refractivity contribution in [1.29, 1.82) is 0 Å². The molecule has 0 radical (unpaired) electrons. The Morgan fingerprint density at radius 3 is 0.837 bits per heavy atom. The van der Waals surface area contributed by atoms with Crippen LogP contribution in [0, 0.1) is 87.3 Å². The maximum absolute atomic E-state index is 16.5. The van der Waals surface area contributed by atoms with E-state index in [2.05, 4.69) is 9.97 Å². The third kappa shape index (κ3) is 10.4. The van der Waals surface area contributed by atoms with Gasteiger partial charge in [-0.15, -0.1) is 22.1 Å². The molecule has 0 saturated carbocycles. The van der Waals surface area contributed by atoms with E-state index >= 15 is 52.7 Å². The van der Waals surface area contributed by atoms with Gasteiger partial charge in [-0.25, -0.2) is 75.8 Å². The molecule has 2 atom stereocenters. The molecule has 0 N–H and O–H groups in total. The van der Waals surface area contributed by atoms with Gasteiger partial charge in [-0.3, -0.25) is 0 Å². The Balaban J connectivity index is 0.00000820. The molecule has 6 aromatic carbocycles. The second kappa shape index (κ2) is 24.2. The first kappa shape index (κ1) is 60.1. The van der Waals surface area contributed by atoms with Gasteiger partial charge in [-0.1, -0.05) is 118 Å². The molecule has 0 spiro atoms. The Morgan fingerprint density at radius 1 is 0.314 bits per heavy atom. The van der Waals surface area contributed by atoms with Gasteiger partial charge < -0.3 is 19.4 Å². The van der Waals surface area contributed by atoms with Gasteiger partial charge in [0.25, 0.3) is 0 Å². The number of fused-ring (bicyclic) bond motifs is 8. The van der Waals surface area contributed by atoms with Crippen LogP contribution in [0.3, 0.4) is 0 Å². The number of hydrogen-bond acceptors (Lipinski definition) is 4. The molecule has 0 amide bonds. The van der Waals surface area contributed by atoms with E-state index in [-0.39, 0.29) is 50.9 Å². The molecule has 438 valence electrons. The molecule has 2 aliphatic heterocycles. The predicted molar refractivity (Wildman–Crippen MR) is 287 cm³/mol. The van der Waals surface area contributed by atoms with Crippen molar-refractivity contribution in [3.63, 3.8) is 0 Å². The summed E-state index contributed by atoms with van der Waals surface area (Å²) in [5, 5.41) is 0. The Kier molecular flexibility index (Phi) is 16.9. The monoisotopic (exact) mass is 1230 g/mol. The normalized spacial score (nSPS) is 12.6. The summed E-state index contributed by atoms with van der Waals surface area (Å²) < 4.78 is 249. The second-order valence-electron chi connectivity index (χ2n) is 19.4. The molecule has 0 aliphatic carbocycles. The van der Waals surface area contributed by atoms with Crippen molar-refractivity contribution in [1.82, 2.24) is 19.9 Å². The van der Waals surface area contributed by atoms with E-state index in [1.54, 1.807) is 54.6 Å². The molecule has 6 nitrogen and oxygen atoms in total. The van der Waals surface area contributed by atoms with Crippen LogP contribution in [0.15, 0.2) is 103 Å². The van der Waals surface area contributed by atoms with Crippen molar-refractivity contribution >= 4 is 46.4 Å². The first-order valence-corrected chi connectivity index (χ1v) is 26.0. The van der Waals surface area contributed by atoms with Crippen LogP contribution in [0.1, 0.15) is 85.6 Å². The first-order chi connectivity index (χ1) is 40.8. The van der Waals surface area contributed by atoms with Crippen LogP contribution in [-0.4, -0.2) is 9.97 Å². The maximum atomic E-state index is 16.5. The van der Waals surface area contributed by atoms with E-state index in [0.717, 1.165) is 36.4 Å². The Hall–Kier alpha value is -9.01. The quantitative estimate of drug-likeness (QED) is 0.0468. The SMILES string of the molecule is CCC[C@@H](Oc1cccc(O[C@H](CCC)c2ccccc2)c1-c1c2nc(c(-c3c(F)c(F)c(F)c(F)c3F)c3ccc([n-]3)c(-c3c(F)c(F)c(F)c(F)c3F)c3nc(c(-c4c(F)c(F)c(F)c(F)c4F)c4ccc1[n-]4)C=C3)C=C2)c1ccccc1.[Fe+2]. The fraction of sp³-hybridized carbons (Fsp3) is 0.125. The molecule has 22 heteroatoms. The summed E-state index contributed by atoms with van der Waals surface area (Å²) in [6, 6.07) is 26.5. The van der Waals surface area contributed by atoms with Crippen molar-refractivity contribution < 1.29 is 92.4 Å². The molecule has 5 heterocycles. The van der Waals surface area contributed by atoms with Gasteiger partial charge in [0.2, 0.25) is 17.5 Å². The minimum absolute atomic E-state index is 0. The van der Waals surface area contributed by atoms with Gasteiger partial charge in [-0.2, -0.15) is 0 Å². The summed E-state index contributed by atoms with van der Waals surface area (Å²) in [5.74, 6) is -37.3. The minimum Gasteiger partial charge on any atom is -0.657 e. The summed E-state index contributed by atoms with van der Waals surface area (Å²) in [4.78, 5) is 17.9. The Bertz CT molecular complexity index is 4210. The molecule has 3 aromatic heterocycles. The molecule has 0 fully saturated rings. The number of rotatable bonds is 14. The molecule has 8 bridgehead atoms. The largest absolute Gasteiger partial charge is 2.00 e. The van der Waals surface area contributed by atoms with Crippen LogP contribution in [-0.2, 0) is 17.1 Å². The topological polar surface area (TPSA) is 72.4 Å². The minimum atomic E-state index is -2.64. The Labute approximate surface area is 488 Å². The number of nitrogens with zero attached hydrogens (tertiary/aromatic N) is 4. The van der Waals surface area contributed by atoms with Crippen LogP contribution in [0.2, 0.25) is 0 Å². The van der Waals surface area contributed by atoms with Crippen molar-refractivity contribution in [3.05, 3.63) is 224 Å². The molecular formula is C64H37F15FeN4O2. The van der Waals surface area contributed by atoms with E-state index in [1.165, 1.54) is 12.1 Å². The smallest absolute Gasteiger partial charge is 0.657 e. The maximum Gasteiger partial charge on any atom is 2.00 e. The van der Waals surface area contributed by atoms with Crippen LogP contribution in [0.25, 0.3) is 90.9 Å². The zero-order valence-electron chi connectivity index (χ0n) is 44.2. The molecule has 2 aliphatic rings. The van der Waals surface area contributed by atoms with Gasteiger partial charge in [0, 0.05) is 5.56 Å². The average molecular weight is 1230 g/mol. The molecule has 11 rings (SSSR count). The summed E-state index contributed by atoms with van der Waals surface area (Å²) in [7, 11) is 0. The standard InChI is InChI=1S/C64H37F15N4O2.Fe/c1-3-12-38(28-14-7-5-8-15-28)84-40-18-11-19-41(85-39(13-4-2)29-16-9-6-10-17-29)46(40)42-30-20-22-32(80-30)43(47-50(65)56(71)62(77)57(72)51(47)66)34-24-26-36(82-34)45(49-54(69)60(75)64(79)61(76)55(49)70)37-27-25-35(83-37)44(33-23-21-31(42)81-33)48-52(67)58(73)63(78)59(74)53(48)68;/h5-11,14-27,38-39H,3-4,12-13H2,1-2H3;/q-2;+2/t38-,39-;/m1./s1. The van der Waals surface area contributed by atoms with Gasteiger partial charge >= 0.3 is 17.1 Å². The Morgan fingerprint density at radius 2 is 0.570 bits per heavy atom. The van der Waals surface area contributed by atoms with Crippen molar-refractivity contribution in [2.75, 3.05) is 0 Å². The summed E-state index contributed by atoms with van der Waals surface area (Å²) in [6.45, 7) is 3.81. The molecule has 9 aromatic rings. The van der Waals surface area contributed by atoms with E-state index in [0.29, 0.717) is 36.8 Å². The number of hydrogen-bond donors (Lipinski definition) is 0. The fourth-order valence-electron chi connectivity index (χ4n) is 10.3. The van der Waals surface area contributed by atoms with Gasteiger partial charge in [-0.05, 0) is 77.1 Å². The van der Waals surface area contributed by atoms with Crippen molar-refractivity contribution in [2.24, 2.45) is 0 Å². The van der Waals surface area contributed by atoms with Crippen molar-refractivity contribution in [2.45, 2.75) is 51.7 Å². The molecule has 0 unspecified atom stereocenters. The number of ether oxygens (including phenoxy) is 2. The zero-order valence-corrected chi connectivity index (χ0v) is 45.3. The summed E-state index contributed by atoms with van der Waals surface area (Å²) in [6.07, 6.45) is 4.33. The van der Waals surface area contributed by atoms with E-state index < -0.39 is 166 Å². The summed E-state index contributed by atoms with van der Waals surface area (Å²) in [5.41, 5.74) is -12.3. The van der Waals surface area contributed by atoms with Crippen LogP contribution in [0.4, 0.5) is 65.9 Å². The second-order valence-corrected chi connectivity index (χ2v) is 19.4. The van der Waals surface area contributed by atoms with E-state index in [1.807, 2.05) is 38.1 Å². The summed E-state index contributed by atoms with van der Waals surface area (Å²) >= 11 is 0. The van der Waals surface area contributed by atoms with E-state index in [9.17, 15) is 13.2 Å². The number of aromatic nitrogens is 4. The first-order valence-electron chi connectivity index (χ1n) is 26.0. The fourth-order valence-corrected chi connectivity index (χ4v) is 10.3. The third-order valence-electron chi connectivity index (χ3n) is 14.2. The predicted octanol–water partition coefficient (Wildman–Crippen LogP) is 18.5.